The molecule has 6 nitrogen and oxygen atoms in total. The molecule has 2 aromatic heterocycles. The Morgan fingerprint density at radius 2 is 2.16 bits per heavy atom. The van der Waals surface area contributed by atoms with E-state index in [1.165, 1.54) is 11.1 Å². The first-order chi connectivity index (χ1) is 9.28. The van der Waals surface area contributed by atoms with Gasteiger partial charge in [-0.05, 0) is 13.3 Å². The maximum absolute atomic E-state index is 11.0. The summed E-state index contributed by atoms with van der Waals surface area (Å²) < 4.78 is 2.06. The van der Waals surface area contributed by atoms with E-state index in [-0.39, 0.29) is 0 Å². The molecule has 2 aliphatic rings. The average molecular weight is 257 g/mol. The van der Waals surface area contributed by atoms with E-state index in [0.29, 0.717) is 6.54 Å². The standard InChI is InChI=1S/C13H15N5O/c1-8-9-2-5-18-13(12(9)15-14-8)10-6-17(7-19)4-3-11(10)16-18/h7H,2-6H2,1H3,(H,14,15). The zero-order chi connectivity index (χ0) is 13.0. The molecule has 0 saturated carbocycles. The van der Waals surface area contributed by atoms with Gasteiger partial charge in [0.05, 0.1) is 11.4 Å². The first kappa shape index (κ1) is 10.8. The third-order valence-electron chi connectivity index (χ3n) is 4.15. The molecule has 4 rings (SSSR count). The van der Waals surface area contributed by atoms with E-state index in [2.05, 4.69) is 26.9 Å². The summed E-state index contributed by atoms with van der Waals surface area (Å²) in [6.45, 7) is 4.37. The highest BCUT2D eigenvalue weighted by Gasteiger charge is 2.30. The summed E-state index contributed by atoms with van der Waals surface area (Å²) in [5.74, 6) is 0. The van der Waals surface area contributed by atoms with Gasteiger partial charge in [0.1, 0.15) is 5.69 Å². The van der Waals surface area contributed by atoms with Crippen molar-refractivity contribution in [2.75, 3.05) is 6.54 Å². The zero-order valence-corrected chi connectivity index (χ0v) is 10.8. The lowest BCUT2D eigenvalue weighted by Gasteiger charge is -2.23. The van der Waals surface area contributed by atoms with Crippen molar-refractivity contribution in [3.8, 4) is 11.4 Å². The molecule has 0 aliphatic carbocycles. The lowest BCUT2D eigenvalue weighted by Crippen LogP contribution is -2.29. The van der Waals surface area contributed by atoms with Gasteiger partial charge in [-0.3, -0.25) is 14.6 Å². The molecule has 0 fully saturated rings. The number of carbonyl (C=O) groups is 1. The topological polar surface area (TPSA) is 66.8 Å². The quantitative estimate of drug-likeness (QED) is 0.763. The number of amides is 1. The first-order valence-corrected chi connectivity index (χ1v) is 6.60. The molecule has 0 atom stereocenters. The van der Waals surface area contributed by atoms with Crippen LogP contribution in [0.2, 0.25) is 0 Å². The molecule has 0 radical (unpaired) electrons. The summed E-state index contributed by atoms with van der Waals surface area (Å²) >= 11 is 0. The Kier molecular flexibility index (Phi) is 2.09. The van der Waals surface area contributed by atoms with Gasteiger partial charge in [0, 0.05) is 42.9 Å². The van der Waals surface area contributed by atoms with Crippen LogP contribution >= 0.6 is 0 Å². The van der Waals surface area contributed by atoms with Crippen molar-refractivity contribution >= 4 is 6.41 Å². The predicted octanol–water partition coefficient (Wildman–Crippen LogP) is 0.652. The first-order valence-electron chi connectivity index (χ1n) is 6.60. The molecule has 0 bridgehead atoms. The second kappa shape index (κ2) is 3.69. The minimum absolute atomic E-state index is 0.652. The molecule has 98 valence electrons. The molecule has 2 aliphatic heterocycles. The highest BCUT2D eigenvalue weighted by Crippen LogP contribution is 2.35. The normalized spacial score (nSPS) is 16.8. The van der Waals surface area contributed by atoms with Crippen molar-refractivity contribution in [3.05, 3.63) is 22.5 Å². The monoisotopic (exact) mass is 257 g/mol. The Bertz CT molecular complexity index is 669. The Morgan fingerprint density at radius 1 is 1.26 bits per heavy atom. The molecule has 4 heterocycles. The molecule has 1 amide bonds. The smallest absolute Gasteiger partial charge is 0.210 e. The highest BCUT2D eigenvalue weighted by molar-refractivity contribution is 5.67. The number of H-pyrrole nitrogens is 1. The zero-order valence-electron chi connectivity index (χ0n) is 10.8. The fourth-order valence-corrected chi connectivity index (χ4v) is 3.14. The van der Waals surface area contributed by atoms with Gasteiger partial charge in [0.15, 0.2) is 0 Å². The molecule has 6 heteroatoms. The van der Waals surface area contributed by atoms with Crippen LogP contribution in [0.1, 0.15) is 22.5 Å². The highest BCUT2D eigenvalue weighted by atomic mass is 16.1. The van der Waals surface area contributed by atoms with Gasteiger partial charge >= 0.3 is 0 Å². The van der Waals surface area contributed by atoms with Gasteiger partial charge in [-0.25, -0.2) is 0 Å². The van der Waals surface area contributed by atoms with E-state index < -0.39 is 0 Å². The van der Waals surface area contributed by atoms with Crippen LogP contribution in [0, 0.1) is 6.92 Å². The van der Waals surface area contributed by atoms with Crippen molar-refractivity contribution in [2.24, 2.45) is 0 Å². The second-order valence-electron chi connectivity index (χ2n) is 5.25. The van der Waals surface area contributed by atoms with Gasteiger partial charge < -0.3 is 4.90 Å². The van der Waals surface area contributed by atoms with Gasteiger partial charge in [-0.15, -0.1) is 0 Å². The lowest BCUT2D eigenvalue weighted by atomic mass is 9.98. The minimum Gasteiger partial charge on any atom is -0.340 e. The summed E-state index contributed by atoms with van der Waals surface area (Å²) in [6, 6.07) is 0. The number of aromatic amines is 1. The largest absolute Gasteiger partial charge is 0.340 e. The van der Waals surface area contributed by atoms with Crippen LogP contribution in [0.3, 0.4) is 0 Å². The molecule has 0 saturated heterocycles. The van der Waals surface area contributed by atoms with Gasteiger partial charge in [-0.2, -0.15) is 10.2 Å². The summed E-state index contributed by atoms with van der Waals surface area (Å²) in [7, 11) is 0. The molecule has 19 heavy (non-hydrogen) atoms. The third kappa shape index (κ3) is 1.39. The van der Waals surface area contributed by atoms with Crippen LogP contribution in [0.15, 0.2) is 0 Å². The maximum Gasteiger partial charge on any atom is 0.210 e. The number of nitrogens with zero attached hydrogens (tertiary/aromatic N) is 4. The van der Waals surface area contributed by atoms with E-state index in [4.69, 9.17) is 0 Å². The third-order valence-corrected chi connectivity index (χ3v) is 4.15. The van der Waals surface area contributed by atoms with Crippen molar-refractivity contribution in [3.63, 3.8) is 0 Å². The summed E-state index contributed by atoms with van der Waals surface area (Å²) in [6.07, 6.45) is 2.74. The lowest BCUT2D eigenvalue weighted by molar-refractivity contribution is -0.118. The number of aromatic nitrogens is 4. The van der Waals surface area contributed by atoms with Crippen molar-refractivity contribution in [2.45, 2.75) is 32.9 Å². The van der Waals surface area contributed by atoms with Crippen LogP contribution in [0.4, 0.5) is 0 Å². The average Bonchev–Trinajstić information content (AvgIpc) is 2.98. The molecular formula is C13H15N5O. The molecule has 1 N–H and O–H groups in total. The van der Waals surface area contributed by atoms with Gasteiger partial charge in [0.2, 0.25) is 6.41 Å². The van der Waals surface area contributed by atoms with E-state index in [0.717, 1.165) is 55.1 Å². The molecule has 0 spiro atoms. The van der Waals surface area contributed by atoms with E-state index in [1.807, 2.05) is 0 Å². The number of aryl methyl sites for hydroxylation is 2. The molecule has 2 aromatic rings. The fourth-order valence-electron chi connectivity index (χ4n) is 3.14. The minimum atomic E-state index is 0.652. The van der Waals surface area contributed by atoms with Crippen molar-refractivity contribution in [1.82, 2.24) is 24.9 Å². The number of fused-ring (bicyclic) bond motifs is 5. The molecule has 0 unspecified atom stereocenters. The number of carbonyl (C=O) groups excluding carboxylic acids is 1. The maximum atomic E-state index is 11.0. The van der Waals surface area contributed by atoms with Crippen molar-refractivity contribution < 1.29 is 4.79 Å². The van der Waals surface area contributed by atoms with Crippen LogP contribution in [-0.4, -0.2) is 37.8 Å². The van der Waals surface area contributed by atoms with Gasteiger partial charge in [-0.1, -0.05) is 0 Å². The fraction of sp³-hybridized carbons (Fsp3) is 0.462. The Labute approximate surface area is 110 Å². The number of rotatable bonds is 1. The number of hydrogen-bond acceptors (Lipinski definition) is 3. The van der Waals surface area contributed by atoms with Crippen LogP contribution in [0.25, 0.3) is 11.4 Å². The predicted molar refractivity (Wildman–Crippen MR) is 68.4 cm³/mol. The Morgan fingerprint density at radius 3 is 3.00 bits per heavy atom. The second-order valence-corrected chi connectivity index (χ2v) is 5.25. The summed E-state index contributed by atoms with van der Waals surface area (Å²) in [5.41, 5.74) is 6.85. The van der Waals surface area contributed by atoms with Crippen molar-refractivity contribution in [1.29, 1.82) is 0 Å². The molecular weight excluding hydrogens is 242 g/mol. The van der Waals surface area contributed by atoms with E-state index in [9.17, 15) is 4.79 Å². The number of nitrogens with one attached hydrogen (secondary N) is 1. The summed E-state index contributed by atoms with van der Waals surface area (Å²) in [4.78, 5) is 12.8. The van der Waals surface area contributed by atoms with Gasteiger partial charge in [0.25, 0.3) is 0 Å². The van der Waals surface area contributed by atoms with Crippen LogP contribution < -0.4 is 0 Å². The van der Waals surface area contributed by atoms with Crippen LogP contribution in [0.5, 0.6) is 0 Å². The summed E-state index contributed by atoms with van der Waals surface area (Å²) in [5, 5.41) is 12.2. The molecule has 0 aromatic carbocycles. The van der Waals surface area contributed by atoms with E-state index >= 15 is 0 Å². The van der Waals surface area contributed by atoms with Crippen LogP contribution in [-0.2, 0) is 30.7 Å². The Hall–Kier alpha value is -2.11. The van der Waals surface area contributed by atoms with E-state index in [1.54, 1.807) is 4.90 Å². The number of hydrogen-bond donors (Lipinski definition) is 1. The SMILES string of the molecule is Cc1[nH]nc2c1CCn1nc3c(c1-2)CN(C=O)CC3. The Balaban J connectivity index is 1.90.